The van der Waals surface area contributed by atoms with Crippen LogP contribution in [0.15, 0.2) is 12.2 Å². The maximum atomic E-state index is 12.0. The number of ether oxygens (including phenoxy) is 1. The monoisotopic (exact) mass is 221 g/mol. The molecule has 1 saturated carbocycles. The summed E-state index contributed by atoms with van der Waals surface area (Å²) in [6.45, 7) is 1.56. The van der Waals surface area contributed by atoms with E-state index >= 15 is 0 Å². The van der Waals surface area contributed by atoms with Crippen molar-refractivity contribution in [1.29, 1.82) is 0 Å². The Kier molecular flexibility index (Phi) is 2.72. The molecule has 3 aliphatic rings. The van der Waals surface area contributed by atoms with Gasteiger partial charge in [-0.05, 0) is 37.5 Å². The van der Waals surface area contributed by atoms with Gasteiger partial charge in [0.05, 0.1) is 6.10 Å². The quantitative estimate of drug-likeness (QED) is 0.733. The summed E-state index contributed by atoms with van der Waals surface area (Å²) in [7, 11) is 0. The molecule has 1 N–H and O–H groups in total. The number of allylic oxidation sites excluding steroid dienone is 2. The molecule has 0 aromatic heterocycles. The Morgan fingerprint density at radius 3 is 2.94 bits per heavy atom. The van der Waals surface area contributed by atoms with Gasteiger partial charge in [-0.2, -0.15) is 0 Å². The van der Waals surface area contributed by atoms with Crippen LogP contribution in [0.3, 0.4) is 0 Å². The fourth-order valence-electron chi connectivity index (χ4n) is 3.23. The zero-order valence-corrected chi connectivity index (χ0v) is 9.52. The number of hydrogen-bond acceptors (Lipinski definition) is 2. The number of hydrogen-bond donors (Lipinski definition) is 1. The largest absolute Gasteiger partial charge is 0.376 e. The summed E-state index contributed by atoms with van der Waals surface area (Å²) >= 11 is 0. The standard InChI is InChI=1S/C13H19NO2/c15-13(14-8-11-2-1-5-16-11)12-7-9-3-4-10(12)6-9/h3-4,9-12H,1-2,5-8H2,(H,14,15). The molecular formula is C13H19NO2. The predicted molar refractivity (Wildman–Crippen MR) is 60.8 cm³/mol. The number of nitrogens with one attached hydrogen (secondary N) is 1. The molecule has 0 aromatic carbocycles. The van der Waals surface area contributed by atoms with E-state index in [-0.39, 0.29) is 17.9 Å². The van der Waals surface area contributed by atoms with Gasteiger partial charge in [0.15, 0.2) is 0 Å². The zero-order chi connectivity index (χ0) is 11.0. The van der Waals surface area contributed by atoms with Crippen molar-refractivity contribution in [2.75, 3.05) is 13.2 Å². The van der Waals surface area contributed by atoms with Crippen LogP contribution < -0.4 is 5.32 Å². The normalized spacial score (nSPS) is 40.5. The van der Waals surface area contributed by atoms with E-state index in [4.69, 9.17) is 4.74 Å². The summed E-state index contributed by atoms with van der Waals surface area (Å²) in [6.07, 6.45) is 9.24. The molecule has 2 aliphatic carbocycles. The average molecular weight is 221 g/mol. The van der Waals surface area contributed by atoms with Crippen molar-refractivity contribution in [1.82, 2.24) is 5.32 Å². The molecule has 1 aliphatic heterocycles. The Hall–Kier alpha value is -0.830. The summed E-state index contributed by atoms with van der Waals surface area (Å²) in [5.41, 5.74) is 0. The van der Waals surface area contributed by atoms with Crippen LogP contribution in [0.1, 0.15) is 25.7 Å². The highest BCUT2D eigenvalue weighted by Crippen LogP contribution is 2.43. The molecule has 16 heavy (non-hydrogen) atoms. The molecule has 0 aromatic rings. The molecule has 1 saturated heterocycles. The maximum Gasteiger partial charge on any atom is 0.223 e. The number of carbonyl (C=O) groups excluding carboxylic acids is 1. The van der Waals surface area contributed by atoms with Crippen LogP contribution in [0, 0.1) is 17.8 Å². The summed E-state index contributed by atoms with van der Waals surface area (Å²) in [4.78, 5) is 12.0. The third-order valence-electron chi connectivity index (χ3n) is 4.14. The lowest BCUT2D eigenvalue weighted by Gasteiger charge is -2.19. The molecule has 1 amide bonds. The van der Waals surface area contributed by atoms with Crippen molar-refractivity contribution in [3.63, 3.8) is 0 Å². The van der Waals surface area contributed by atoms with Gasteiger partial charge in [0.25, 0.3) is 0 Å². The first-order chi connectivity index (χ1) is 7.83. The van der Waals surface area contributed by atoms with Gasteiger partial charge in [-0.15, -0.1) is 0 Å². The minimum Gasteiger partial charge on any atom is -0.376 e. The molecule has 0 spiro atoms. The third kappa shape index (κ3) is 1.88. The molecule has 0 radical (unpaired) electrons. The van der Waals surface area contributed by atoms with Crippen LogP contribution in [-0.2, 0) is 9.53 Å². The second-order valence-electron chi connectivity index (χ2n) is 5.27. The van der Waals surface area contributed by atoms with E-state index in [1.807, 2.05) is 0 Å². The van der Waals surface area contributed by atoms with Crippen molar-refractivity contribution in [3.8, 4) is 0 Å². The average Bonchev–Trinajstić information content (AvgIpc) is 3.01. The molecule has 3 nitrogen and oxygen atoms in total. The van der Waals surface area contributed by atoms with E-state index < -0.39 is 0 Å². The highest BCUT2D eigenvalue weighted by molar-refractivity contribution is 5.80. The topological polar surface area (TPSA) is 38.3 Å². The maximum absolute atomic E-state index is 12.0. The molecule has 4 unspecified atom stereocenters. The van der Waals surface area contributed by atoms with Gasteiger partial charge < -0.3 is 10.1 Å². The van der Waals surface area contributed by atoms with E-state index in [1.54, 1.807) is 0 Å². The van der Waals surface area contributed by atoms with Gasteiger partial charge in [-0.25, -0.2) is 0 Å². The first-order valence-corrected chi connectivity index (χ1v) is 6.40. The number of amides is 1. The van der Waals surface area contributed by atoms with Crippen LogP contribution in [0.2, 0.25) is 0 Å². The smallest absolute Gasteiger partial charge is 0.223 e. The van der Waals surface area contributed by atoms with Crippen LogP contribution >= 0.6 is 0 Å². The van der Waals surface area contributed by atoms with Crippen LogP contribution in [0.25, 0.3) is 0 Å². The van der Waals surface area contributed by atoms with Gasteiger partial charge in [-0.3, -0.25) is 4.79 Å². The van der Waals surface area contributed by atoms with E-state index in [1.165, 1.54) is 6.42 Å². The van der Waals surface area contributed by atoms with Crippen molar-refractivity contribution in [3.05, 3.63) is 12.2 Å². The van der Waals surface area contributed by atoms with E-state index in [9.17, 15) is 4.79 Å². The lowest BCUT2D eigenvalue weighted by molar-refractivity contribution is -0.126. The number of fused-ring (bicyclic) bond motifs is 2. The lowest BCUT2D eigenvalue weighted by Crippen LogP contribution is -2.37. The van der Waals surface area contributed by atoms with Gasteiger partial charge >= 0.3 is 0 Å². The number of rotatable bonds is 3. The second-order valence-corrected chi connectivity index (χ2v) is 5.27. The molecular weight excluding hydrogens is 202 g/mol. The Labute approximate surface area is 96.2 Å². The first-order valence-electron chi connectivity index (χ1n) is 6.40. The fourth-order valence-corrected chi connectivity index (χ4v) is 3.23. The minimum atomic E-state index is 0.233. The van der Waals surface area contributed by atoms with Crippen molar-refractivity contribution >= 4 is 5.91 Å². The van der Waals surface area contributed by atoms with Crippen LogP contribution in [0.4, 0.5) is 0 Å². The Morgan fingerprint density at radius 2 is 2.31 bits per heavy atom. The molecule has 3 rings (SSSR count). The highest BCUT2D eigenvalue weighted by atomic mass is 16.5. The Balaban J connectivity index is 1.48. The lowest BCUT2D eigenvalue weighted by atomic mass is 9.93. The number of carbonyl (C=O) groups is 1. The predicted octanol–water partition coefficient (Wildman–Crippen LogP) is 1.49. The second kappa shape index (κ2) is 4.21. The van der Waals surface area contributed by atoms with Gasteiger partial charge in [0.2, 0.25) is 5.91 Å². The van der Waals surface area contributed by atoms with Crippen molar-refractivity contribution < 1.29 is 9.53 Å². The third-order valence-corrected chi connectivity index (χ3v) is 4.14. The summed E-state index contributed by atoms with van der Waals surface area (Å²) < 4.78 is 5.50. The molecule has 4 atom stereocenters. The first kappa shape index (κ1) is 10.3. The van der Waals surface area contributed by atoms with Crippen LogP contribution in [0.5, 0.6) is 0 Å². The summed E-state index contributed by atoms with van der Waals surface area (Å²) in [5.74, 6) is 1.65. The molecule has 3 heteroatoms. The minimum absolute atomic E-state index is 0.233. The Morgan fingerprint density at radius 1 is 1.38 bits per heavy atom. The van der Waals surface area contributed by atoms with Gasteiger partial charge in [0.1, 0.15) is 0 Å². The molecule has 2 bridgehead atoms. The summed E-state index contributed by atoms with van der Waals surface area (Å²) in [5, 5.41) is 3.05. The SMILES string of the molecule is O=C(NCC1CCCO1)C1CC2C=CC1C2. The van der Waals surface area contributed by atoms with Gasteiger partial charge in [0, 0.05) is 19.1 Å². The summed E-state index contributed by atoms with van der Waals surface area (Å²) in [6, 6.07) is 0. The van der Waals surface area contributed by atoms with E-state index in [0.29, 0.717) is 18.4 Å². The highest BCUT2D eigenvalue weighted by Gasteiger charge is 2.39. The molecule has 2 fully saturated rings. The Bertz CT molecular complexity index is 307. The van der Waals surface area contributed by atoms with Gasteiger partial charge in [-0.1, -0.05) is 12.2 Å². The zero-order valence-electron chi connectivity index (χ0n) is 9.52. The fraction of sp³-hybridized carbons (Fsp3) is 0.769. The van der Waals surface area contributed by atoms with E-state index in [0.717, 1.165) is 25.9 Å². The molecule has 1 heterocycles. The van der Waals surface area contributed by atoms with Crippen LogP contribution in [-0.4, -0.2) is 25.2 Å². The van der Waals surface area contributed by atoms with Crippen molar-refractivity contribution in [2.45, 2.75) is 31.8 Å². The van der Waals surface area contributed by atoms with Crippen molar-refractivity contribution in [2.24, 2.45) is 17.8 Å². The van der Waals surface area contributed by atoms with E-state index in [2.05, 4.69) is 17.5 Å². The molecule has 88 valence electrons.